The standard InChI is InChI=1S/C12H16ClFO2/c1-2-12(7-15,8-16)6-9-3-4-10(13)11(14)5-9/h3-5,15-16H,2,6-8H2,1H3. The molecule has 0 radical (unpaired) electrons. The summed E-state index contributed by atoms with van der Waals surface area (Å²) in [7, 11) is 0. The maximum atomic E-state index is 13.2. The molecule has 0 aliphatic rings. The third-order valence-corrected chi connectivity index (χ3v) is 3.29. The summed E-state index contributed by atoms with van der Waals surface area (Å²) in [4.78, 5) is 0. The normalized spacial score (nSPS) is 11.8. The van der Waals surface area contributed by atoms with Crippen molar-refractivity contribution < 1.29 is 14.6 Å². The van der Waals surface area contributed by atoms with E-state index in [9.17, 15) is 14.6 Å². The van der Waals surface area contributed by atoms with Gasteiger partial charge >= 0.3 is 0 Å². The number of halogens is 2. The van der Waals surface area contributed by atoms with Gasteiger partial charge in [0.2, 0.25) is 0 Å². The van der Waals surface area contributed by atoms with Gasteiger partial charge in [-0.1, -0.05) is 24.6 Å². The molecule has 4 heteroatoms. The molecule has 0 bridgehead atoms. The molecule has 90 valence electrons. The van der Waals surface area contributed by atoms with Gasteiger partial charge in [-0.25, -0.2) is 4.39 Å². The summed E-state index contributed by atoms with van der Waals surface area (Å²) in [6.45, 7) is 1.65. The molecule has 0 amide bonds. The first-order valence-corrected chi connectivity index (χ1v) is 5.60. The molecule has 0 aromatic heterocycles. The SMILES string of the molecule is CCC(CO)(CO)Cc1ccc(Cl)c(F)c1. The van der Waals surface area contributed by atoms with Crippen molar-refractivity contribution in [3.05, 3.63) is 34.6 Å². The monoisotopic (exact) mass is 246 g/mol. The molecular formula is C12H16ClFO2. The van der Waals surface area contributed by atoms with Crippen molar-refractivity contribution in [2.75, 3.05) is 13.2 Å². The lowest BCUT2D eigenvalue weighted by Gasteiger charge is -2.28. The van der Waals surface area contributed by atoms with Crippen LogP contribution in [0.15, 0.2) is 18.2 Å². The van der Waals surface area contributed by atoms with Crippen LogP contribution >= 0.6 is 11.6 Å². The van der Waals surface area contributed by atoms with Crippen LogP contribution < -0.4 is 0 Å². The Hall–Kier alpha value is -0.640. The Balaban J connectivity index is 2.89. The molecule has 0 aliphatic carbocycles. The number of rotatable bonds is 5. The highest BCUT2D eigenvalue weighted by Gasteiger charge is 2.27. The Morgan fingerprint density at radius 3 is 2.38 bits per heavy atom. The van der Waals surface area contributed by atoms with Crippen molar-refractivity contribution in [3.8, 4) is 0 Å². The smallest absolute Gasteiger partial charge is 0.142 e. The first-order chi connectivity index (χ1) is 7.56. The van der Waals surface area contributed by atoms with Gasteiger partial charge in [0, 0.05) is 5.41 Å². The lowest BCUT2D eigenvalue weighted by Crippen LogP contribution is -2.31. The van der Waals surface area contributed by atoms with Crippen LogP contribution in [0, 0.1) is 11.2 Å². The highest BCUT2D eigenvalue weighted by molar-refractivity contribution is 6.30. The highest BCUT2D eigenvalue weighted by atomic mass is 35.5. The third kappa shape index (κ3) is 2.94. The van der Waals surface area contributed by atoms with E-state index in [-0.39, 0.29) is 18.2 Å². The quantitative estimate of drug-likeness (QED) is 0.838. The lowest BCUT2D eigenvalue weighted by molar-refractivity contribution is 0.0513. The fourth-order valence-electron chi connectivity index (χ4n) is 1.59. The largest absolute Gasteiger partial charge is 0.396 e. The van der Waals surface area contributed by atoms with Gasteiger partial charge in [-0.2, -0.15) is 0 Å². The van der Waals surface area contributed by atoms with E-state index in [1.165, 1.54) is 12.1 Å². The van der Waals surface area contributed by atoms with Gasteiger partial charge in [0.05, 0.1) is 18.2 Å². The predicted octanol–water partition coefficient (Wildman–Crippen LogP) is 2.40. The van der Waals surface area contributed by atoms with Crippen LogP contribution in [0.4, 0.5) is 4.39 Å². The van der Waals surface area contributed by atoms with Crippen molar-refractivity contribution in [2.45, 2.75) is 19.8 Å². The van der Waals surface area contributed by atoms with E-state index in [4.69, 9.17) is 11.6 Å². The zero-order valence-corrected chi connectivity index (χ0v) is 9.97. The summed E-state index contributed by atoms with van der Waals surface area (Å²) >= 11 is 5.58. The number of hydrogen-bond acceptors (Lipinski definition) is 2. The van der Waals surface area contributed by atoms with Gasteiger partial charge in [-0.05, 0) is 30.5 Å². The molecule has 0 saturated heterocycles. The molecule has 0 aliphatic heterocycles. The van der Waals surface area contributed by atoms with Crippen LogP contribution in [0.2, 0.25) is 5.02 Å². The number of hydrogen-bond donors (Lipinski definition) is 2. The van der Waals surface area contributed by atoms with E-state index in [0.717, 1.165) is 5.56 Å². The van der Waals surface area contributed by atoms with Gasteiger partial charge in [0.1, 0.15) is 5.82 Å². The summed E-state index contributed by atoms with van der Waals surface area (Å²) in [5.74, 6) is -0.472. The van der Waals surface area contributed by atoms with Crippen molar-refractivity contribution in [1.29, 1.82) is 0 Å². The fourth-order valence-corrected chi connectivity index (χ4v) is 1.71. The molecule has 0 fully saturated rings. The zero-order chi connectivity index (χ0) is 12.2. The molecule has 16 heavy (non-hydrogen) atoms. The van der Waals surface area contributed by atoms with Gasteiger partial charge in [-0.3, -0.25) is 0 Å². The summed E-state index contributed by atoms with van der Waals surface area (Å²) in [6, 6.07) is 4.54. The molecule has 1 aromatic rings. The van der Waals surface area contributed by atoms with Crippen molar-refractivity contribution in [3.63, 3.8) is 0 Å². The predicted molar refractivity (Wildman–Crippen MR) is 62.0 cm³/mol. The Morgan fingerprint density at radius 2 is 1.94 bits per heavy atom. The van der Waals surface area contributed by atoms with E-state index < -0.39 is 11.2 Å². The first kappa shape index (κ1) is 13.4. The van der Waals surface area contributed by atoms with Gasteiger partial charge in [0.25, 0.3) is 0 Å². The second-order valence-electron chi connectivity index (χ2n) is 4.10. The molecule has 0 saturated carbocycles. The van der Waals surface area contributed by atoms with Crippen LogP contribution in [-0.4, -0.2) is 23.4 Å². The van der Waals surface area contributed by atoms with Crippen molar-refractivity contribution >= 4 is 11.6 Å². The number of aliphatic hydroxyl groups is 2. The average Bonchev–Trinajstić information content (AvgIpc) is 2.31. The zero-order valence-electron chi connectivity index (χ0n) is 9.21. The van der Waals surface area contributed by atoms with E-state index in [0.29, 0.717) is 12.8 Å². The van der Waals surface area contributed by atoms with Crippen molar-refractivity contribution in [1.82, 2.24) is 0 Å². The second-order valence-corrected chi connectivity index (χ2v) is 4.50. The molecule has 0 unspecified atom stereocenters. The minimum Gasteiger partial charge on any atom is -0.396 e. The molecule has 0 spiro atoms. The third-order valence-electron chi connectivity index (χ3n) is 2.98. The first-order valence-electron chi connectivity index (χ1n) is 5.22. The molecule has 2 nitrogen and oxygen atoms in total. The van der Waals surface area contributed by atoms with Crippen LogP contribution in [0.3, 0.4) is 0 Å². The van der Waals surface area contributed by atoms with Crippen LogP contribution in [0.5, 0.6) is 0 Å². The van der Waals surface area contributed by atoms with Gasteiger partial charge in [0.15, 0.2) is 0 Å². The molecular weight excluding hydrogens is 231 g/mol. The van der Waals surface area contributed by atoms with Gasteiger partial charge < -0.3 is 10.2 Å². The molecule has 2 N–H and O–H groups in total. The van der Waals surface area contributed by atoms with Crippen molar-refractivity contribution in [2.24, 2.45) is 5.41 Å². The Morgan fingerprint density at radius 1 is 1.31 bits per heavy atom. The summed E-state index contributed by atoms with van der Waals surface area (Å²) in [5, 5.41) is 18.6. The van der Waals surface area contributed by atoms with Crippen LogP contribution in [-0.2, 0) is 6.42 Å². The Kier molecular flexibility index (Phi) is 4.71. The Labute approximate surface area is 99.7 Å². The van der Waals surface area contributed by atoms with Crippen LogP contribution in [0.25, 0.3) is 0 Å². The molecule has 1 aromatic carbocycles. The number of aliphatic hydroxyl groups excluding tert-OH is 2. The fraction of sp³-hybridized carbons (Fsp3) is 0.500. The maximum Gasteiger partial charge on any atom is 0.142 e. The van der Waals surface area contributed by atoms with E-state index in [1.54, 1.807) is 6.07 Å². The minimum absolute atomic E-state index is 0.0823. The summed E-state index contributed by atoms with van der Waals surface area (Å²) < 4.78 is 13.2. The van der Waals surface area contributed by atoms with E-state index in [2.05, 4.69) is 0 Å². The molecule has 1 rings (SSSR count). The lowest BCUT2D eigenvalue weighted by atomic mass is 9.81. The molecule has 0 heterocycles. The minimum atomic E-state index is -0.583. The number of benzene rings is 1. The van der Waals surface area contributed by atoms with E-state index in [1.807, 2.05) is 6.92 Å². The Bertz CT molecular complexity index is 343. The second kappa shape index (κ2) is 5.62. The average molecular weight is 247 g/mol. The molecule has 0 atom stereocenters. The summed E-state index contributed by atoms with van der Waals surface area (Å²) in [6.07, 6.45) is 1.06. The highest BCUT2D eigenvalue weighted by Crippen LogP contribution is 2.27. The van der Waals surface area contributed by atoms with E-state index >= 15 is 0 Å². The summed E-state index contributed by atoms with van der Waals surface area (Å²) in [5.41, 5.74) is 0.145. The van der Waals surface area contributed by atoms with Crippen LogP contribution in [0.1, 0.15) is 18.9 Å². The maximum absolute atomic E-state index is 13.2. The topological polar surface area (TPSA) is 40.5 Å². The van der Waals surface area contributed by atoms with Gasteiger partial charge in [-0.15, -0.1) is 0 Å².